The van der Waals surface area contributed by atoms with E-state index in [1.807, 2.05) is 17.7 Å². The molecule has 5 nitrogen and oxygen atoms in total. The third-order valence-corrected chi connectivity index (χ3v) is 6.52. The molecule has 2 fully saturated rings. The highest BCUT2D eigenvalue weighted by molar-refractivity contribution is 7.12. The predicted octanol–water partition coefficient (Wildman–Crippen LogP) is 3.18. The number of hydrogen-bond donors (Lipinski definition) is 0. The van der Waals surface area contributed by atoms with Crippen LogP contribution in [0.1, 0.15) is 53.6 Å². The quantitative estimate of drug-likeness (QED) is 0.856. The normalized spacial score (nSPS) is 24.3. The lowest BCUT2D eigenvalue weighted by molar-refractivity contribution is -0.133. The van der Waals surface area contributed by atoms with E-state index in [9.17, 15) is 4.79 Å². The molecule has 0 bridgehead atoms. The van der Waals surface area contributed by atoms with Crippen LogP contribution in [0.3, 0.4) is 0 Å². The Morgan fingerprint density at radius 3 is 2.79 bits per heavy atom. The standard InChI is InChI=1S/C18H24N4OS/c1-3-21-11-19-20-17(21)13-6-8-22(9-7-13)18(23)15-10-14(15)16-5-4-12(2)24-16/h4-5,11,13-15H,3,6-10H2,1-2H3/t14-,15-/m1/s1. The van der Waals surface area contributed by atoms with Gasteiger partial charge >= 0.3 is 0 Å². The molecule has 2 aliphatic rings. The number of hydrogen-bond acceptors (Lipinski definition) is 4. The molecule has 6 heteroatoms. The van der Waals surface area contributed by atoms with E-state index in [1.165, 1.54) is 9.75 Å². The molecule has 4 rings (SSSR count). The molecule has 0 N–H and O–H groups in total. The first kappa shape index (κ1) is 15.8. The van der Waals surface area contributed by atoms with E-state index in [0.29, 0.717) is 17.7 Å². The number of amides is 1. The van der Waals surface area contributed by atoms with Crippen molar-refractivity contribution in [3.05, 3.63) is 34.0 Å². The summed E-state index contributed by atoms with van der Waals surface area (Å²) in [5.41, 5.74) is 0. The molecule has 1 amide bonds. The Morgan fingerprint density at radius 1 is 1.33 bits per heavy atom. The summed E-state index contributed by atoms with van der Waals surface area (Å²) in [6.45, 7) is 6.86. The van der Waals surface area contributed by atoms with Crippen LogP contribution in [0.25, 0.3) is 0 Å². The van der Waals surface area contributed by atoms with Crippen molar-refractivity contribution < 1.29 is 4.79 Å². The fourth-order valence-electron chi connectivity index (χ4n) is 3.85. The average Bonchev–Trinajstić information content (AvgIpc) is 3.04. The van der Waals surface area contributed by atoms with Crippen LogP contribution in [0.2, 0.25) is 0 Å². The van der Waals surface area contributed by atoms with Crippen molar-refractivity contribution in [3.8, 4) is 0 Å². The lowest BCUT2D eigenvalue weighted by atomic mass is 9.95. The highest BCUT2D eigenvalue weighted by atomic mass is 32.1. The minimum Gasteiger partial charge on any atom is -0.342 e. The summed E-state index contributed by atoms with van der Waals surface area (Å²) in [7, 11) is 0. The van der Waals surface area contributed by atoms with Crippen molar-refractivity contribution in [1.82, 2.24) is 19.7 Å². The zero-order valence-corrected chi connectivity index (χ0v) is 15.1. The number of aromatic nitrogens is 3. The number of nitrogens with zero attached hydrogens (tertiary/aromatic N) is 4. The van der Waals surface area contributed by atoms with Gasteiger partial charge in [0.2, 0.25) is 5.91 Å². The number of likely N-dealkylation sites (tertiary alicyclic amines) is 1. The second kappa shape index (κ2) is 6.31. The van der Waals surface area contributed by atoms with E-state index in [1.54, 1.807) is 0 Å². The molecule has 0 radical (unpaired) electrons. The van der Waals surface area contributed by atoms with Crippen molar-refractivity contribution in [2.75, 3.05) is 13.1 Å². The molecule has 1 saturated heterocycles. The first-order valence-corrected chi connectivity index (χ1v) is 9.71. The molecule has 2 aromatic heterocycles. The second-order valence-electron chi connectivity index (χ2n) is 6.97. The lowest BCUT2D eigenvalue weighted by Crippen LogP contribution is -2.39. The molecule has 2 aromatic rings. The van der Waals surface area contributed by atoms with Gasteiger partial charge in [0, 0.05) is 47.1 Å². The maximum atomic E-state index is 12.8. The van der Waals surface area contributed by atoms with Crippen LogP contribution in [-0.4, -0.2) is 38.7 Å². The fourth-order valence-corrected chi connectivity index (χ4v) is 4.91. The van der Waals surface area contributed by atoms with E-state index < -0.39 is 0 Å². The summed E-state index contributed by atoms with van der Waals surface area (Å²) < 4.78 is 2.12. The summed E-state index contributed by atoms with van der Waals surface area (Å²) in [6.07, 6.45) is 4.84. The van der Waals surface area contributed by atoms with Crippen LogP contribution in [0.4, 0.5) is 0 Å². The maximum absolute atomic E-state index is 12.8. The van der Waals surface area contributed by atoms with Gasteiger partial charge in [0.25, 0.3) is 0 Å². The van der Waals surface area contributed by atoms with Crippen LogP contribution < -0.4 is 0 Å². The van der Waals surface area contributed by atoms with Gasteiger partial charge in [0.1, 0.15) is 12.2 Å². The molecule has 24 heavy (non-hydrogen) atoms. The van der Waals surface area contributed by atoms with E-state index in [0.717, 1.165) is 44.7 Å². The summed E-state index contributed by atoms with van der Waals surface area (Å²) in [4.78, 5) is 17.6. The molecule has 0 aromatic carbocycles. The first-order valence-electron chi connectivity index (χ1n) is 8.90. The Hall–Kier alpha value is -1.69. The number of rotatable bonds is 4. The SMILES string of the molecule is CCn1cnnc1C1CCN(C(=O)[C@@H]2C[C@H]2c2ccc(C)s2)CC1. The van der Waals surface area contributed by atoms with Gasteiger partial charge in [-0.05, 0) is 45.2 Å². The van der Waals surface area contributed by atoms with Crippen LogP contribution in [0.15, 0.2) is 18.5 Å². The number of carbonyl (C=O) groups excluding carboxylic acids is 1. The summed E-state index contributed by atoms with van der Waals surface area (Å²) in [5.74, 6) is 2.58. The van der Waals surface area contributed by atoms with Gasteiger partial charge in [-0.1, -0.05) is 0 Å². The molecule has 3 heterocycles. The Kier molecular flexibility index (Phi) is 4.16. The maximum Gasteiger partial charge on any atom is 0.226 e. The highest BCUT2D eigenvalue weighted by Gasteiger charge is 2.46. The largest absolute Gasteiger partial charge is 0.342 e. The van der Waals surface area contributed by atoms with E-state index in [4.69, 9.17) is 0 Å². The molecule has 0 spiro atoms. The molecule has 0 unspecified atom stereocenters. The molecule has 1 saturated carbocycles. The Morgan fingerprint density at radius 2 is 2.12 bits per heavy atom. The van der Waals surface area contributed by atoms with Crippen molar-refractivity contribution >= 4 is 17.2 Å². The van der Waals surface area contributed by atoms with Crippen molar-refractivity contribution in [2.24, 2.45) is 5.92 Å². The van der Waals surface area contributed by atoms with Crippen molar-refractivity contribution in [2.45, 2.75) is 51.5 Å². The third-order valence-electron chi connectivity index (χ3n) is 5.39. The van der Waals surface area contributed by atoms with Gasteiger partial charge in [0.05, 0.1) is 0 Å². The predicted molar refractivity (Wildman–Crippen MR) is 94.2 cm³/mol. The van der Waals surface area contributed by atoms with Gasteiger partial charge in [-0.15, -0.1) is 21.5 Å². The van der Waals surface area contributed by atoms with Crippen LogP contribution in [0, 0.1) is 12.8 Å². The third kappa shape index (κ3) is 2.88. The molecule has 1 aliphatic carbocycles. The van der Waals surface area contributed by atoms with Crippen LogP contribution >= 0.6 is 11.3 Å². The van der Waals surface area contributed by atoms with E-state index in [-0.39, 0.29) is 5.92 Å². The molecule has 2 atom stereocenters. The Balaban J connectivity index is 1.34. The second-order valence-corrected chi connectivity index (χ2v) is 8.29. The summed E-state index contributed by atoms with van der Waals surface area (Å²) in [6, 6.07) is 4.36. The van der Waals surface area contributed by atoms with Crippen molar-refractivity contribution in [3.63, 3.8) is 0 Å². The Bertz CT molecular complexity index is 729. The van der Waals surface area contributed by atoms with Gasteiger partial charge in [-0.3, -0.25) is 4.79 Å². The minimum absolute atomic E-state index is 0.221. The molecular weight excluding hydrogens is 320 g/mol. The molecular formula is C18H24N4OS. The van der Waals surface area contributed by atoms with E-state index >= 15 is 0 Å². The number of piperidine rings is 1. The molecule has 128 valence electrons. The van der Waals surface area contributed by atoms with Crippen molar-refractivity contribution in [1.29, 1.82) is 0 Å². The molecule has 1 aliphatic heterocycles. The first-order chi connectivity index (χ1) is 11.7. The Labute approximate surface area is 146 Å². The van der Waals surface area contributed by atoms with Crippen LogP contribution in [0.5, 0.6) is 0 Å². The smallest absolute Gasteiger partial charge is 0.226 e. The monoisotopic (exact) mass is 344 g/mol. The zero-order chi connectivity index (χ0) is 16.7. The number of aryl methyl sites for hydroxylation is 2. The number of thiophene rings is 1. The highest BCUT2D eigenvalue weighted by Crippen LogP contribution is 2.50. The van der Waals surface area contributed by atoms with Crippen LogP contribution in [-0.2, 0) is 11.3 Å². The van der Waals surface area contributed by atoms with Gasteiger partial charge in [0.15, 0.2) is 0 Å². The summed E-state index contributed by atoms with van der Waals surface area (Å²) in [5, 5.41) is 8.33. The fraction of sp³-hybridized carbons (Fsp3) is 0.611. The average molecular weight is 344 g/mol. The number of carbonyl (C=O) groups is 1. The topological polar surface area (TPSA) is 51.0 Å². The van der Waals surface area contributed by atoms with Gasteiger partial charge in [-0.25, -0.2) is 0 Å². The minimum atomic E-state index is 0.221. The summed E-state index contributed by atoms with van der Waals surface area (Å²) >= 11 is 1.84. The van der Waals surface area contributed by atoms with Gasteiger partial charge < -0.3 is 9.47 Å². The van der Waals surface area contributed by atoms with E-state index in [2.05, 4.69) is 45.6 Å². The zero-order valence-electron chi connectivity index (χ0n) is 14.3. The lowest BCUT2D eigenvalue weighted by Gasteiger charge is -2.31. The van der Waals surface area contributed by atoms with Gasteiger partial charge in [-0.2, -0.15) is 0 Å².